The number of aromatic carboxylic acids is 1. The van der Waals surface area contributed by atoms with Crippen LogP contribution in [0.3, 0.4) is 0 Å². The molecule has 0 radical (unpaired) electrons. The van der Waals surface area contributed by atoms with Gasteiger partial charge in [0, 0.05) is 62.8 Å². The maximum Gasteiger partial charge on any atom is 0.335 e. The van der Waals surface area contributed by atoms with Crippen LogP contribution in [0.4, 0.5) is 11.4 Å². The molecular formula is C45H43N5O8. The van der Waals surface area contributed by atoms with Crippen LogP contribution in [0.2, 0.25) is 0 Å². The lowest BCUT2D eigenvalue weighted by Gasteiger charge is -2.19. The first-order valence-electron chi connectivity index (χ1n) is 19.2. The third kappa shape index (κ3) is 7.55. The van der Waals surface area contributed by atoms with Gasteiger partial charge >= 0.3 is 5.97 Å². The highest BCUT2D eigenvalue weighted by Crippen LogP contribution is 2.42. The average Bonchev–Trinajstić information content (AvgIpc) is 3.83. The quantitative estimate of drug-likeness (QED) is 0.126. The van der Waals surface area contributed by atoms with Gasteiger partial charge in [-0.1, -0.05) is 43.3 Å². The predicted molar refractivity (Wildman–Crippen MR) is 220 cm³/mol. The van der Waals surface area contributed by atoms with Gasteiger partial charge in [-0.2, -0.15) is 0 Å². The van der Waals surface area contributed by atoms with Crippen LogP contribution >= 0.6 is 0 Å². The first-order valence-corrected chi connectivity index (χ1v) is 19.2. The van der Waals surface area contributed by atoms with Crippen LogP contribution in [0, 0.1) is 0 Å². The number of nitrogens with zero attached hydrogens (tertiary/aromatic N) is 4. The number of amides is 2. The van der Waals surface area contributed by atoms with Gasteiger partial charge in [-0.15, -0.1) is 0 Å². The van der Waals surface area contributed by atoms with Gasteiger partial charge < -0.3 is 39.2 Å². The SMILES string of the molecule is CCNCc1ccc(C2=CN3C(=O)c4cc(OC)c(OCCCOc5cc6c(cc5OC)C(=O)N5C=C(c7ccc(C(=O)O)cc7)C[C@H]5C=N6)cc4N=C[C@@H]3C2)cc1. The van der Waals surface area contributed by atoms with Gasteiger partial charge in [0.25, 0.3) is 11.8 Å². The van der Waals surface area contributed by atoms with E-state index in [1.165, 1.54) is 19.8 Å². The highest BCUT2D eigenvalue weighted by atomic mass is 16.5. The molecule has 0 saturated carbocycles. The number of ether oxygens (including phenoxy) is 4. The second kappa shape index (κ2) is 16.4. The van der Waals surface area contributed by atoms with Crippen LogP contribution in [0.5, 0.6) is 23.0 Å². The lowest BCUT2D eigenvalue weighted by Crippen LogP contribution is -2.32. The maximum absolute atomic E-state index is 13.8. The molecule has 4 aromatic rings. The summed E-state index contributed by atoms with van der Waals surface area (Å²) in [6.45, 7) is 4.38. The molecule has 58 heavy (non-hydrogen) atoms. The molecule has 2 N–H and O–H groups in total. The van der Waals surface area contributed by atoms with E-state index in [2.05, 4.69) is 41.5 Å². The molecule has 0 aliphatic carbocycles. The smallest absolute Gasteiger partial charge is 0.335 e. The Labute approximate surface area is 335 Å². The summed E-state index contributed by atoms with van der Waals surface area (Å²) < 4.78 is 23.5. The van der Waals surface area contributed by atoms with E-state index in [0.29, 0.717) is 64.8 Å². The monoisotopic (exact) mass is 781 g/mol. The fraction of sp³-hybridized carbons (Fsp3) is 0.267. The van der Waals surface area contributed by atoms with Crippen LogP contribution < -0.4 is 24.3 Å². The second-order valence-corrected chi connectivity index (χ2v) is 14.3. The first kappa shape index (κ1) is 38.2. The molecule has 0 fully saturated rings. The third-order valence-electron chi connectivity index (χ3n) is 10.6. The van der Waals surface area contributed by atoms with Crippen molar-refractivity contribution in [3.63, 3.8) is 0 Å². The Morgan fingerprint density at radius 1 is 0.724 bits per heavy atom. The van der Waals surface area contributed by atoms with Crippen molar-refractivity contribution in [3.05, 3.63) is 119 Å². The molecule has 0 aromatic heterocycles. The summed E-state index contributed by atoms with van der Waals surface area (Å²) in [5.74, 6) is 0.358. The summed E-state index contributed by atoms with van der Waals surface area (Å²) in [7, 11) is 3.05. The summed E-state index contributed by atoms with van der Waals surface area (Å²) in [4.78, 5) is 51.6. The van der Waals surface area contributed by atoms with Crippen molar-refractivity contribution in [2.75, 3.05) is 34.0 Å². The van der Waals surface area contributed by atoms with E-state index in [4.69, 9.17) is 23.9 Å². The van der Waals surface area contributed by atoms with Crippen LogP contribution in [0.1, 0.15) is 74.0 Å². The largest absolute Gasteiger partial charge is 0.493 e. The molecule has 0 saturated heterocycles. The van der Waals surface area contributed by atoms with Gasteiger partial charge in [-0.05, 0) is 58.6 Å². The number of hydrogen-bond donors (Lipinski definition) is 2. The number of fused-ring (bicyclic) bond motifs is 4. The minimum Gasteiger partial charge on any atom is -0.493 e. The third-order valence-corrected chi connectivity index (χ3v) is 10.6. The zero-order chi connectivity index (χ0) is 40.3. The van der Waals surface area contributed by atoms with Gasteiger partial charge in [0.1, 0.15) is 0 Å². The van der Waals surface area contributed by atoms with Gasteiger partial charge in [0.15, 0.2) is 23.0 Å². The number of hydrogen-bond acceptors (Lipinski definition) is 10. The number of benzene rings is 4. The highest BCUT2D eigenvalue weighted by Gasteiger charge is 2.35. The number of carbonyl (C=O) groups excluding carboxylic acids is 2. The Kier molecular flexibility index (Phi) is 10.8. The van der Waals surface area contributed by atoms with E-state index in [1.807, 2.05) is 12.4 Å². The Balaban J connectivity index is 0.895. The number of nitrogens with one attached hydrogen (secondary N) is 1. The minimum absolute atomic E-state index is 0.151. The highest BCUT2D eigenvalue weighted by molar-refractivity contribution is 6.06. The number of carbonyl (C=O) groups is 3. The fourth-order valence-corrected chi connectivity index (χ4v) is 7.50. The number of carboxylic acid groups (broad SMARTS) is 1. The Hall–Kier alpha value is -6.73. The Bertz CT molecular complexity index is 2390. The van der Waals surface area contributed by atoms with Gasteiger partial charge in [-0.25, -0.2) is 4.79 Å². The van der Waals surface area contributed by atoms with E-state index >= 15 is 0 Å². The predicted octanol–water partition coefficient (Wildman–Crippen LogP) is 7.30. The number of rotatable bonds is 14. The number of methoxy groups -OCH3 is 2. The number of carboxylic acids is 1. The van der Waals surface area contributed by atoms with E-state index in [0.717, 1.165) is 35.4 Å². The molecule has 8 rings (SSSR count). The molecular weight excluding hydrogens is 739 g/mol. The molecule has 4 aliphatic heterocycles. The molecule has 13 heteroatoms. The Morgan fingerprint density at radius 2 is 1.21 bits per heavy atom. The molecule has 2 amide bonds. The molecule has 296 valence electrons. The molecule has 0 spiro atoms. The van der Waals surface area contributed by atoms with Crippen LogP contribution in [-0.4, -0.2) is 91.2 Å². The molecule has 0 bridgehead atoms. The normalized spacial score (nSPS) is 17.7. The molecule has 0 unspecified atom stereocenters. The van der Waals surface area contributed by atoms with Gasteiger partial charge in [0.05, 0.1) is 67.6 Å². The zero-order valence-electron chi connectivity index (χ0n) is 32.4. The first-order chi connectivity index (χ1) is 28.2. The fourth-order valence-electron chi connectivity index (χ4n) is 7.50. The summed E-state index contributed by atoms with van der Waals surface area (Å²) in [5, 5.41) is 12.6. The maximum atomic E-state index is 13.8. The van der Waals surface area contributed by atoms with Crippen molar-refractivity contribution in [1.29, 1.82) is 0 Å². The van der Waals surface area contributed by atoms with E-state index in [-0.39, 0.29) is 42.7 Å². The molecule has 4 aliphatic rings. The second-order valence-electron chi connectivity index (χ2n) is 14.3. The summed E-state index contributed by atoms with van der Waals surface area (Å²) >= 11 is 0. The van der Waals surface area contributed by atoms with Crippen molar-refractivity contribution in [3.8, 4) is 23.0 Å². The van der Waals surface area contributed by atoms with Crippen molar-refractivity contribution < 1.29 is 38.4 Å². The van der Waals surface area contributed by atoms with Crippen molar-refractivity contribution in [2.45, 2.75) is 44.8 Å². The summed E-state index contributed by atoms with van der Waals surface area (Å²) in [6, 6.07) is 21.3. The van der Waals surface area contributed by atoms with Crippen LogP contribution in [0.15, 0.2) is 95.2 Å². The van der Waals surface area contributed by atoms with Gasteiger partial charge in [0.2, 0.25) is 0 Å². The zero-order valence-corrected chi connectivity index (χ0v) is 32.4. The van der Waals surface area contributed by atoms with Crippen molar-refractivity contribution in [2.24, 2.45) is 9.98 Å². The molecule has 13 nitrogen and oxygen atoms in total. The van der Waals surface area contributed by atoms with Gasteiger partial charge in [-0.3, -0.25) is 19.6 Å². The van der Waals surface area contributed by atoms with E-state index < -0.39 is 5.97 Å². The number of aliphatic imine (C=N–C) groups is 2. The topological polar surface area (TPSA) is 152 Å². The van der Waals surface area contributed by atoms with Crippen LogP contribution in [-0.2, 0) is 6.54 Å². The van der Waals surface area contributed by atoms with E-state index in [1.54, 1.807) is 70.7 Å². The molecule has 2 atom stereocenters. The summed E-state index contributed by atoms with van der Waals surface area (Å²) in [5.41, 5.74) is 7.14. The van der Waals surface area contributed by atoms with Crippen molar-refractivity contribution >= 4 is 52.7 Å². The lowest BCUT2D eigenvalue weighted by atomic mass is 10.0. The minimum atomic E-state index is -0.992. The molecule has 4 aromatic carbocycles. The summed E-state index contributed by atoms with van der Waals surface area (Å²) in [6.07, 6.45) is 9.01. The average molecular weight is 782 g/mol. The van der Waals surface area contributed by atoms with Crippen molar-refractivity contribution in [1.82, 2.24) is 15.1 Å². The van der Waals surface area contributed by atoms with Crippen LogP contribution in [0.25, 0.3) is 11.1 Å². The molecule has 4 heterocycles. The Morgan fingerprint density at radius 3 is 1.66 bits per heavy atom. The lowest BCUT2D eigenvalue weighted by molar-refractivity contribution is 0.0695. The standard InChI is InChI=1S/C45H43N5O8/c1-4-46-22-27-6-8-28(9-7-27)31-16-33-23-47-37-20-41(39(55-2)18-35(37)43(51)49(33)25-31)57-14-5-15-58-42-21-38-36(19-40(42)56-3)44(52)50-26-32(17-34(50)24-48-38)29-10-12-30(13-11-29)45(53)54/h6-13,18-21,23-26,33-34,46H,4-5,14-17,22H2,1-3H3,(H,53,54)/t33-,34-/m0/s1. The van der Waals surface area contributed by atoms with E-state index in [9.17, 15) is 19.5 Å².